The van der Waals surface area contributed by atoms with Crippen LogP contribution in [0.3, 0.4) is 0 Å². The first kappa shape index (κ1) is 29.1. The number of rotatable bonds is 10. The summed E-state index contributed by atoms with van der Waals surface area (Å²) in [7, 11) is -4.94. The van der Waals surface area contributed by atoms with Crippen molar-refractivity contribution < 1.29 is 42.9 Å². The molecule has 2 aromatic carbocycles. The van der Waals surface area contributed by atoms with E-state index in [1.165, 1.54) is 28.1 Å². The minimum atomic E-state index is -4.94. The smallest absolute Gasteiger partial charge is 0.213 e. The van der Waals surface area contributed by atoms with E-state index in [-0.39, 0.29) is 0 Å². The molecule has 4 rings (SSSR count). The molecular weight excluding hydrogens is 510 g/mol. The normalized spacial score (nSPS) is 11.0. The van der Waals surface area contributed by atoms with Crippen LogP contribution in [0.1, 0.15) is 26.0 Å². The van der Waals surface area contributed by atoms with Crippen molar-refractivity contribution in [1.82, 2.24) is 9.55 Å². The summed E-state index contributed by atoms with van der Waals surface area (Å²) in [6.45, 7) is 9.40. The number of benzene rings is 2. The van der Waals surface area contributed by atoms with Crippen LogP contribution in [0.15, 0.2) is 79.4 Å². The van der Waals surface area contributed by atoms with E-state index in [1.807, 2.05) is 56.8 Å². The molecular formula is C28H32ClN3O6. The summed E-state index contributed by atoms with van der Waals surface area (Å²) >= 11 is 0. The molecule has 2 aromatic heterocycles. The van der Waals surface area contributed by atoms with Gasteiger partial charge in [-0.2, -0.15) is 4.57 Å². The number of hydrogen-bond acceptors (Lipinski definition) is 7. The first-order valence-corrected chi connectivity index (χ1v) is 13.5. The maximum absolute atomic E-state index is 8.49. The van der Waals surface area contributed by atoms with E-state index in [9.17, 15) is 0 Å². The van der Waals surface area contributed by atoms with Crippen LogP contribution in [0, 0.1) is 17.2 Å². The third-order valence-electron chi connectivity index (χ3n) is 5.69. The van der Waals surface area contributed by atoms with Gasteiger partial charge >= 0.3 is 0 Å². The monoisotopic (exact) mass is 541 g/mol. The number of nitrogens with zero attached hydrogens (tertiary/aromatic N) is 3. The van der Waals surface area contributed by atoms with Crippen LogP contribution in [-0.2, 0) is 13.1 Å². The van der Waals surface area contributed by atoms with E-state index >= 15 is 0 Å². The molecule has 0 saturated heterocycles. The Morgan fingerprint density at radius 3 is 1.87 bits per heavy atom. The average Bonchev–Trinajstić information content (AvgIpc) is 3.39. The van der Waals surface area contributed by atoms with Crippen molar-refractivity contribution in [1.29, 1.82) is 0 Å². The van der Waals surface area contributed by atoms with E-state index in [0.29, 0.717) is 13.2 Å². The first-order chi connectivity index (χ1) is 18.2. The number of aromatic nitrogens is 3. The number of pyridine rings is 1. The maximum Gasteiger partial charge on any atom is 0.213 e. The third kappa shape index (κ3) is 9.13. The Balaban J connectivity index is 0.000000732. The first-order valence-electron chi connectivity index (χ1n) is 12.3. The lowest BCUT2D eigenvalue weighted by Crippen LogP contribution is -2.68. The minimum absolute atomic E-state index is 0.667. The van der Waals surface area contributed by atoms with Crippen LogP contribution in [-0.4, -0.2) is 22.8 Å². The lowest BCUT2D eigenvalue weighted by Gasteiger charge is -2.17. The molecule has 0 fully saturated rings. The van der Waals surface area contributed by atoms with Gasteiger partial charge < -0.3 is 14.0 Å². The molecule has 0 unspecified atom stereocenters. The number of halogens is 1. The molecule has 9 nitrogen and oxygen atoms in total. The second-order valence-electron chi connectivity index (χ2n) is 8.37. The fourth-order valence-electron chi connectivity index (χ4n) is 4.09. The highest BCUT2D eigenvalue weighted by Gasteiger charge is 2.19. The summed E-state index contributed by atoms with van der Waals surface area (Å²) in [6, 6.07) is 21.3. The second kappa shape index (κ2) is 13.9. The van der Waals surface area contributed by atoms with Gasteiger partial charge in [0.25, 0.3) is 0 Å². The zero-order valence-corrected chi connectivity index (χ0v) is 22.5. The molecule has 10 heteroatoms. The predicted octanol–water partition coefficient (Wildman–Crippen LogP) is 0.945. The Kier molecular flexibility index (Phi) is 10.6. The van der Waals surface area contributed by atoms with Crippen LogP contribution in [0.25, 0.3) is 22.4 Å². The highest BCUT2D eigenvalue weighted by Crippen LogP contribution is 2.28. The van der Waals surface area contributed by atoms with Gasteiger partial charge in [0.15, 0.2) is 12.2 Å². The van der Waals surface area contributed by atoms with Crippen LogP contribution in [0.4, 0.5) is 0 Å². The lowest BCUT2D eigenvalue weighted by atomic mass is 10.0. The van der Waals surface area contributed by atoms with Gasteiger partial charge in [-0.3, -0.25) is 0 Å². The topological polar surface area (TPSA) is 132 Å². The minimum Gasteiger partial charge on any atom is -0.494 e. The molecule has 0 aliphatic carbocycles. The quantitative estimate of drug-likeness (QED) is 0.273. The molecule has 0 N–H and O–H groups in total. The lowest BCUT2D eigenvalue weighted by molar-refractivity contribution is -2.00. The van der Waals surface area contributed by atoms with Crippen molar-refractivity contribution in [2.75, 3.05) is 13.2 Å². The fourth-order valence-corrected chi connectivity index (χ4v) is 4.09. The largest absolute Gasteiger partial charge is 0.494 e. The van der Waals surface area contributed by atoms with Crippen molar-refractivity contribution in [2.24, 2.45) is 0 Å². The molecule has 0 aliphatic heterocycles. The molecule has 4 aromatic rings. The van der Waals surface area contributed by atoms with Gasteiger partial charge in [0.05, 0.1) is 19.5 Å². The van der Waals surface area contributed by atoms with Crippen LogP contribution < -0.4 is 32.7 Å². The molecule has 202 valence electrons. The van der Waals surface area contributed by atoms with Gasteiger partial charge in [-0.25, -0.2) is 23.6 Å². The summed E-state index contributed by atoms with van der Waals surface area (Å²) in [5.74, 6) is 1.79. The second-order valence-corrected chi connectivity index (χ2v) is 9.13. The van der Waals surface area contributed by atoms with Gasteiger partial charge in [-0.05, 0) is 61.4 Å². The average molecular weight is 542 g/mol. The molecule has 0 atom stereocenters. The van der Waals surface area contributed by atoms with Crippen molar-refractivity contribution in [2.45, 2.75) is 40.3 Å². The van der Waals surface area contributed by atoms with Crippen LogP contribution in [0.5, 0.6) is 11.5 Å². The van der Waals surface area contributed by atoms with E-state index in [0.717, 1.165) is 31.0 Å². The number of imidazole rings is 1. The van der Waals surface area contributed by atoms with E-state index in [2.05, 4.69) is 57.4 Å². The summed E-state index contributed by atoms with van der Waals surface area (Å²) < 4.78 is 49.8. The summed E-state index contributed by atoms with van der Waals surface area (Å²) in [5.41, 5.74) is 5.99. The number of ether oxygens (including phenoxy) is 2. The van der Waals surface area contributed by atoms with Crippen LogP contribution >= 0.6 is 0 Å². The number of aryl methyl sites for hydroxylation is 2. The summed E-state index contributed by atoms with van der Waals surface area (Å²) in [5, 5.41) is 0. The molecule has 0 saturated carbocycles. The molecule has 38 heavy (non-hydrogen) atoms. The zero-order chi connectivity index (χ0) is 27.5. The summed E-state index contributed by atoms with van der Waals surface area (Å²) in [6.07, 6.45) is 6.74. The SMILES string of the molecule is CCOc1ccc(-c2cc(C)[n+](CCCn3ccnc3)c(-c3ccc(OCC)cc3)c2)cc1.[O-][Cl+3]([O-])([O-])[O-]. The zero-order valence-electron chi connectivity index (χ0n) is 21.7. The predicted molar refractivity (Wildman–Crippen MR) is 131 cm³/mol. The van der Waals surface area contributed by atoms with Gasteiger partial charge in [-0.15, -0.1) is 10.2 Å². The Labute approximate surface area is 224 Å². The molecule has 0 spiro atoms. The molecule has 2 heterocycles. The molecule has 0 radical (unpaired) electrons. The Morgan fingerprint density at radius 2 is 1.37 bits per heavy atom. The fraction of sp³-hybridized carbons (Fsp3) is 0.286. The van der Waals surface area contributed by atoms with Crippen molar-refractivity contribution in [3.05, 3.63) is 85.1 Å². The Bertz CT molecular complexity index is 1250. The van der Waals surface area contributed by atoms with Crippen LogP contribution in [0.2, 0.25) is 0 Å². The van der Waals surface area contributed by atoms with E-state index in [1.54, 1.807) is 0 Å². The highest BCUT2D eigenvalue weighted by molar-refractivity contribution is 5.70. The molecule has 0 aliphatic rings. The number of hydrogen-bond donors (Lipinski definition) is 0. The van der Waals surface area contributed by atoms with Gasteiger partial charge in [0.2, 0.25) is 5.69 Å². The third-order valence-corrected chi connectivity index (χ3v) is 5.69. The van der Waals surface area contributed by atoms with Gasteiger partial charge in [0.1, 0.15) is 11.5 Å². The van der Waals surface area contributed by atoms with Crippen molar-refractivity contribution in [3.8, 4) is 33.9 Å². The Hall–Kier alpha value is -3.47. The molecule has 0 bridgehead atoms. The Morgan fingerprint density at radius 1 is 0.816 bits per heavy atom. The highest BCUT2D eigenvalue weighted by atomic mass is 35.7. The maximum atomic E-state index is 8.49. The van der Waals surface area contributed by atoms with E-state index < -0.39 is 10.2 Å². The van der Waals surface area contributed by atoms with E-state index in [4.69, 9.17) is 28.1 Å². The van der Waals surface area contributed by atoms with Crippen molar-refractivity contribution in [3.63, 3.8) is 0 Å². The standard InChI is InChI=1S/C28H32N3O2.ClHO4/c1-4-32-26-11-7-23(8-12-26)25-19-22(3)31(17-6-16-30-18-15-29-21-30)28(20-25)24-9-13-27(14-10-24)33-5-2;2-1(3,4)5/h7-15,18-21H,4-6,16-17H2,1-3H3;(H,2,3,4,5)/q+1;/p-1. The summed E-state index contributed by atoms with van der Waals surface area (Å²) in [4.78, 5) is 4.15. The molecule has 0 amide bonds. The van der Waals surface area contributed by atoms with Crippen molar-refractivity contribution >= 4 is 0 Å². The van der Waals surface area contributed by atoms with Gasteiger partial charge in [-0.1, -0.05) is 12.1 Å². The van der Waals surface area contributed by atoms with Gasteiger partial charge in [0, 0.05) is 50.0 Å².